The molecule has 0 fully saturated rings. The van der Waals surface area contributed by atoms with Gasteiger partial charge in [-0.25, -0.2) is 9.31 Å². The molecule has 0 bridgehead atoms. The van der Waals surface area contributed by atoms with Crippen molar-refractivity contribution in [2.75, 3.05) is 13.2 Å². The van der Waals surface area contributed by atoms with Crippen LogP contribution in [0.1, 0.15) is 37.6 Å². The van der Waals surface area contributed by atoms with Crippen molar-refractivity contribution >= 4 is 17.5 Å². The number of carbonyl (C=O) groups is 2. The number of ether oxygens (including phenoxy) is 2. The first-order chi connectivity index (χ1) is 10.1. The summed E-state index contributed by atoms with van der Waals surface area (Å²) in [7, 11) is 0. The molecule has 0 atom stereocenters. The quantitative estimate of drug-likeness (QED) is 0.810. The van der Waals surface area contributed by atoms with E-state index in [1.807, 2.05) is 18.2 Å². The van der Waals surface area contributed by atoms with Crippen LogP contribution in [0.25, 0.3) is 5.52 Å². The molecule has 2 heterocycles. The van der Waals surface area contributed by atoms with Crippen molar-refractivity contribution in [2.45, 2.75) is 27.2 Å². The van der Waals surface area contributed by atoms with Crippen LogP contribution in [0.15, 0.2) is 30.6 Å². The van der Waals surface area contributed by atoms with Crippen molar-refractivity contribution < 1.29 is 19.1 Å². The van der Waals surface area contributed by atoms with Gasteiger partial charge in [-0.2, -0.15) is 5.10 Å². The Morgan fingerprint density at radius 2 is 1.86 bits per heavy atom. The fraction of sp³-hybridized carbons (Fsp3) is 0.400. The van der Waals surface area contributed by atoms with Crippen LogP contribution in [-0.4, -0.2) is 34.8 Å². The van der Waals surface area contributed by atoms with Gasteiger partial charge in [0.15, 0.2) is 0 Å². The SMILES string of the molecule is CCOC(=O)CC.CCOC(=O)c1cnn2ccccc12. The van der Waals surface area contributed by atoms with Crippen LogP contribution in [0.2, 0.25) is 0 Å². The smallest absolute Gasteiger partial charge is 0.341 e. The number of esters is 2. The first-order valence-corrected chi connectivity index (χ1v) is 6.89. The molecule has 6 heteroatoms. The summed E-state index contributed by atoms with van der Waals surface area (Å²) in [5, 5.41) is 4.04. The molecule has 2 aromatic rings. The van der Waals surface area contributed by atoms with Gasteiger partial charge in [-0.15, -0.1) is 0 Å². The summed E-state index contributed by atoms with van der Waals surface area (Å²) in [4.78, 5) is 21.6. The van der Waals surface area contributed by atoms with E-state index in [2.05, 4.69) is 9.84 Å². The maximum Gasteiger partial charge on any atom is 0.341 e. The number of carbonyl (C=O) groups excluding carboxylic acids is 2. The van der Waals surface area contributed by atoms with Crippen LogP contribution in [0, 0.1) is 0 Å². The molecule has 0 N–H and O–H groups in total. The molecule has 0 aliphatic carbocycles. The third kappa shape index (κ3) is 4.91. The van der Waals surface area contributed by atoms with Gasteiger partial charge < -0.3 is 9.47 Å². The highest BCUT2D eigenvalue weighted by Gasteiger charge is 2.12. The summed E-state index contributed by atoms with van der Waals surface area (Å²) in [5.74, 6) is -0.448. The number of pyridine rings is 1. The third-order valence-electron chi connectivity index (χ3n) is 2.52. The van der Waals surface area contributed by atoms with Gasteiger partial charge in [0, 0.05) is 12.6 Å². The van der Waals surface area contributed by atoms with Crippen molar-refractivity contribution in [1.82, 2.24) is 9.61 Å². The van der Waals surface area contributed by atoms with E-state index in [4.69, 9.17) is 4.74 Å². The van der Waals surface area contributed by atoms with Gasteiger partial charge in [-0.3, -0.25) is 4.79 Å². The summed E-state index contributed by atoms with van der Waals surface area (Å²) < 4.78 is 11.1. The van der Waals surface area contributed by atoms with Gasteiger partial charge >= 0.3 is 11.9 Å². The Morgan fingerprint density at radius 1 is 1.14 bits per heavy atom. The van der Waals surface area contributed by atoms with E-state index in [1.54, 1.807) is 31.5 Å². The van der Waals surface area contributed by atoms with E-state index in [9.17, 15) is 9.59 Å². The average molecular weight is 292 g/mol. The Labute approximate surface area is 123 Å². The molecular weight excluding hydrogens is 272 g/mol. The highest BCUT2D eigenvalue weighted by Crippen LogP contribution is 2.10. The van der Waals surface area contributed by atoms with Crippen LogP contribution in [0.3, 0.4) is 0 Å². The molecule has 6 nitrogen and oxygen atoms in total. The van der Waals surface area contributed by atoms with Crippen LogP contribution in [0.4, 0.5) is 0 Å². The predicted molar refractivity (Wildman–Crippen MR) is 78.1 cm³/mol. The van der Waals surface area contributed by atoms with E-state index in [0.717, 1.165) is 5.52 Å². The zero-order valence-corrected chi connectivity index (χ0v) is 12.5. The summed E-state index contributed by atoms with van der Waals surface area (Å²) in [6.07, 6.45) is 3.79. The molecule has 0 saturated heterocycles. The summed E-state index contributed by atoms with van der Waals surface area (Å²) in [5.41, 5.74) is 1.28. The first-order valence-electron chi connectivity index (χ1n) is 6.89. The Morgan fingerprint density at radius 3 is 2.43 bits per heavy atom. The molecule has 2 aromatic heterocycles. The van der Waals surface area contributed by atoms with Crippen molar-refractivity contribution in [3.8, 4) is 0 Å². The second kappa shape index (κ2) is 8.73. The predicted octanol–water partition coefficient (Wildman–Crippen LogP) is 2.47. The van der Waals surface area contributed by atoms with E-state index in [1.165, 1.54) is 6.20 Å². The molecule has 0 aromatic carbocycles. The third-order valence-corrected chi connectivity index (χ3v) is 2.52. The van der Waals surface area contributed by atoms with Gasteiger partial charge in [0.25, 0.3) is 0 Å². The van der Waals surface area contributed by atoms with Crippen LogP contribution in [0.5, 0.6) is 0 Å². The van der Waals surface area contributed by atoms with Crippen molar-refractivity contribution in [1.29, 1.82) is 0 Å². The fourth-order valence-corrected chi connectivity index (χ4v) is 1.56. The Kier molecular flexibility index (Phi) is 6.94. The topological polar surface area (TPSA) is 69.9 Å². The molecule has 0 unspecified atom stereocenters. The largest absolute Gasteiger partial charge is 0.466 e. The van der Waals surface area contributed by atoms with Crippen molar-refractivity contribution in [3.05, 3.63) is 36.2 Å². The maximum atomic E-state index is 11.4. The normalized spacial score (nSPS) is 9.67. The lowest BCUT2D eigenvalue weighted by Gasteiger charge is -1.98. The molecule has 21 heavy (non-hydrogen) atoms. The van der Waals surface area contributed by atoms with Gasteiger partial charge in [0.1, 0.15) is 5.56 Å². The molecule has 0 saturated carbocycles. The van der Waals surface area contributed by atoms with E-state index >= 15 is 0 Å². The number of hydrogen-bond donors (Lipinski definition) is 0. The summed E-state index contributed by atoms with van der Waals surface area (Å²) >= 11 is 0. The minimum absolute atomic E-state index is 0.123. The zero-order valence-electron chi connectivity index (χ0n) is 12.5. The molecule has 2 rings (SSSR count). The summed E-state index contributed by atoms with van der Waals surface area (Å²) in [6.45, 7) is 6.23. The van der Waals surface area contributed by atoms with E-state index in [0.29, 0.717) is 25.2 Å². The lowest BCUT2D eigenvalue weighted by Crippen LogP contribution is -2.03. The zero-order chi connectivity index (χ0) is 15.7. The monoisotopic (exact) mass is 292 g/mol. The van der Waals surface area contributed by atoms with E-state index < -0.39 is 0 Å². The average Bonchev–Trinajstić information content (AvgIpc) is 2.92. The maximum absolute atomic E-state index is 11.4. The Balaban J connectivity index is 0.000000270. The number of aromatic nitrogens is 2. The molecular formula is C15H20N2O4. The van der Waals surface area contributed by atoms with Gasteiger partial charge in [0.05, 0.1) is 24.9 Å². The minimum atomic E-state index is -0.325. The highest BCUT2D eigenvalue weighted by atomic mass is 16.5. The fourth-order valence-electron chi connectivity index (χ4n) is 1.56. The number of nitrogens with zero attached hydrogens (tertiary/aromatic N) is 2. The van der Waals surface area contributed by atoms with Crippen LogP contribution >= 0.6 is 0 Å². The molecule has 0 spiro atoms. The highest BCUT2D eigenvalue weighted by molar-refractivity contribution is 5.96. The van der Waals surface area contributed by atoms with Crippen LogP contribution < -0.4 is 0 Å². The molecule has 0 amide bonds. The van der Waals surface area contributed by atoms with Crippen molar-refractivity contribution in [3.63, 3.8) is 0 Å². The molecule has 0 radical (unpaired) electrons. The summed E-state index contributed by atoms with van der Waals surface area (Å²) in [6, 6.07) is 5.55. The standard InChI is InChI=1S/C10H10N2O2.C5H10O2/c1-2-14-10(13)8-7-11-12-6-4-3-5-9(8)12;1-3-5(6)7-4-2/h3-7H,2H2,1H3;3-4H2,1-2H3. The second-order valence-electron chi connectivity index (χ2n) is 3.97. The minimum Gasteiger partial charge on any atom is -0.466 e. The Bertz CT molecular complexity index is 592. The lowest BCUT2D eigenvalue weighted by molar-refractivity contribution is -0.142. The number of fused-ring (bicyclic) bond motifs is 1. The lowest BCUT2D eigenvalue weighted by atomic mass is 10.3. The molecule has 0 aliphatic rings. The van der Waals surface area contributed by atoms with E-state index in [-0.39, 0.29) is 11.9 Å². The van der Waals surface area contributed by atoms with Gasteiger partial charge in [-0.05, 0) is 26.0 Å². The van der Waals surface area contributed by atoms with Crippen LogP contribution in [-0.2, 0) is 14.3 Å². The Hall–Kier alpha value is -2.37. The second-order valence-corrected chi connectivity index (χ2v) is 3.97. The number of hydrogen-bond acceptors (Lipinski definition) is 5. The molecule has 114 valence electrons. The number of rotatable bonds is 4. The molecule has 0 aliphatic heterocycles. The first kappa shape index (κ1) is 16.7. The van der Waals surface area contributed by atoms with Crippen molar-refractivity contribution in [2.24, 2.45) is 0 Å². The van der Waals surface area contributed by atoms with Gasteiger partial charge in [0.2, 0.25) is 0 Å². The van der Waals surface area contributed by atoms with Gasteiger partial charge in [-0.1, -0.05) is 13.0 Å².